The Morgan fingerprint density at radius 2 is 2.10 bits per heavy atom. The standard InChI is InChI=1S/C11H9F2N5O2/c1-20-11(19)5-2-6(12)7(13)3-8(5)17-18-9(4-14)10(15)16/h2-3,17H,1H3,(H3,15,16)/b18-9+. The summed E-state index contributed by atoms with van der Waals surface area (Å²) in [5.74, 6) is -4.02. The number of nitrogens with one attached hydrogen (secondary N) is 2. The Morgan fingerprint density at radius 1 is 1.50 bits per heavy atom. The number of hydrogen-bond donors (Lipinski definition) is 3. The Bertz CT molecular complexity index is 636. The molecule has 0 aromatic heterocycles. The number of halogens is 2. The Morgan fingerprint density at radius 3 is 2.60 bits per heavy atom. The molecule has 0 heterocycles. The molecule has 1 rings (SSSR count). The Labute approximate surface area is 112 Å². The minimum absolute atomic E-state index is 0.232. The Kier molecular flexibility index (Phi) is 4.69. The number of anilines is 1. The van der Waals surface area contributed by atoms with Crippen molar-refractivity contribution in [2.45, 2.75) is 0 Å². The molecular formula is C11H9F2N5O2. The van der Waals surface area contributed by atoms with Crippen molar-refractivity contribution in [1.29, 1.82) is 10.7 Å². The average molecular weight is 281 g/mol. The number of hydrogen-bond acceptors (Lipinski definition) is 6. The lowest BCUT2D eigenvalue weighted by Crippen LogP contribution is -2.22. The van der Waals surface area contributed by atoms with Gasteiger partial charge in [-0.1, -0.05) is 0 Å². The molecule has 0 saturated carbocycles. The van der Waals surface area contributed by atoms with E-state index in [2.05, 4.69) is 15.3 Å². The lowest BCUT2D eigenvalue weighted by atomic mass is 10.1. The zero-order valence-corrected chi connectivity index (χ0v) is 10.2. The van der Waals surface area contributed by atoms with Crippen LogP contribution in [0.25, 0.3) is 0 Å². The van der Waals surface area contributed by atoms with Gasteiger partial charge < -0.3 is 10.5 Å². The third-order valence-corrected chi connectivity index (χ3v) is 2.11. The highest BCUT2D eigenvalue weighted by atomic mass is 19.2. The highest BCUT2D eigenvalue weighted by Crippen LogP contribution is 2.21. The van der Waals surface area contributed by atoms with Crippen LogP contribution in [0, 0.1) is 28.4 Å². The quantitative estimate of drug-likeness (QED) is 0.328. The highest BCUT2D eigenvalue weighted by Gasteiger charge is 2.16. The Hall–Kier alpha value is -3.02. The second kappa shape index (κ2) is 6.24. The van der Waals surface area contributed by atoms with Crippen molar-refractivity contribution < 1.29 is 18.3 Å². The first kappa shape index (κ1) is 15.0. The summed E-state index contributed by atoms with van der Waals surface area (Å²) in [6, 6.07) is 2.81. The van der Waals surface area contributed by atoms with E-state index in [-0.39, 0.29) is 11.3 Å². The number of nitrogens with two attached hydrogens (primary N) is 1. The zero-order valence-electron chi connectivity index (χ0n) is 10.2. The van der Waals surface area contributed by atoms with Gasteiger partial charge in [-0.2, -0.15) is 10.4 Å². The number of carbonyl (C=O) groups is 1. The number of ether oxygens (including phenoxy) is 1. The van der Waals surface area contributed by atoms with E-state index in [0.717, 1.165) is 7.11 Å². The third-order valence-electron chi connectivity index (χ3n) is 2.11. The number of benzene rings is 1. The van der Waals surface area contributed by atoms with Crippen molar-refractivity contribution >= 4 is 23.2 Å². The maximum absolute atomic E-state index is 13.1. The Balaban J connectivity index is 3.24. The van der Waals surface area contributed by atoms with E-state index < -0.39 is 29.2 Å². The first-order valence-corrected chi connectivity index (χ1v) is 5.06. The van der Waals surface area contributed by atoms with Gasteiger partial charge >= 0.3 is 5.97 Å². The van der Waals surface area contributed by atoms with Crippen LogP contribution in [0.4, 0.5) is 14.5 Å². The van der Waals surface area contributed by atoms with E-state index in [4.69, 9.17) is 16.4 Å². The number of esters is 1. The third kappa shape index (κ3) is 3.26. The number of nitrogens with zero attached hydrogens (tertiary/aromatic N) is 2. The fourth-order valence-corrected chi connectivity index (χ4v) is 1.18. The lowest BCUT2D eigenvalue weighted by Gasteiger charge is -2.08. The normalized spacial score (nSPS) is 10.6. The molecule has 1 aromatic carbocycles. The summed E-state index contributed by atoms with van der Waals surface area (Å²) in [6.07, 6.45) is 0. The summed E-state index contributed by atoms with van der Waals surface area (Å²) in [5, 5.41) is 19.1. The predicted octanol–water partition coefficient (Wildman–Crippen LogP) is 0.979. The molecule has 0 aliphatic carbocycles. The lowest BCUT2D eigenvalue weighted by molar-refractivity contribution is 0.0601. The van der Waals surface area contributed by atoms with Gasteiger partial charge in [0.15, 0.2) is 17.5 Å². The van der Waals surface area contributed by atoms with Gasteiger partial charge in [-0.05, 0) is 6.07 Å². The molecule has 0 fully saturated rings. The van der Waals surface area contributed by atoms with E-state index >= 15 is 0 Å². The molecule has 0 spiro atoms. The van der Waals surface area contributed by atoms with Crippen molar-refractivity contribution in [1.82, 2.24) is 0 Å². The van der Waals surface area contributed by atoms with Crippen molar-refractivity contribution in [2.24, 2.45) is 10.8 Å². The minimum atomic E-state index is -1.24. The number of methoxy groups -OCH3 is 1. The van der Waals surface area contributed by atoms with Crippen molar-refractivity contribution in [2.75, 3.05) is 12.5 Å². The van der Waals surface area contributed by atoms with E-state index in [1.165, 1.54) is 6.07 Å². The summed E-state index contributed by atoms with van der Waals surface area (Å²) in [7, 11) is 1.06. The van der Waals surface area contributed by atoms with Crippen LogP contribution in [0.3, 0.4) is 0 Å². The van der Waals surface area contributed by atoms with Crippen LogP contribution in [-0.4, -0.2) is 24.6 Å². The van der Waals surface area contributed by atoms with Crippen LogP contribution < -0.4 is 11.2 Å². The fourth-order valence-electron chi connectivity index (χ4n) is 1.18. The van der Waals surface area contributed by atoms with Crippen LogP contribution in [0.1, 0.15) is 10.4 Å². The molecule has 0 aliphatic rings. The largest absolute Gasteiger partial charge is 0.465 e. The van der Waals surface area contributed by atoms with E-state index in [1.54, 1.807) is 0 Å². The second-order valence-corrected chi connectivity index (χ2v) is 3.40. The van der Waals surface area contributed by atoms with E-state index in [9.17, 15) is 13.6 Å². The van der Waals surface area contributed by atoms with Crippen LogP contribution in [0.5, 0.6) is 0 Å². The van der Waals surface area contributed by atoms with Crippen LogP contribution >= 0.6 is 0 Å². The molecule has 0 unspecified atom stereocenters. The number of hydrazone groups is 1. The minimum Gasteiger partial charge on any atom is -0.465 e. The fraction of sp³-hybridized carbons (Fsp3) is 0.0909. The molecule has 1 aromatic rings. The van der Waals surface area contributed by atoms with Gasteiger partial charge in [0.25, 0.3) is 0 Å². The van der Waals surface area contributed by atoms with Gasteiger partial charge in [0.2, 0.25) is 5.71 Å². The van der Waals surface area contributed by atoms with Crippen LogP contribution in [-0.2, 0) is 4.74 Å². The van der Waals surface area contributed by atoms with Gasteiger partial charge in [0.1, 0.15) is 6.07 Å². The molecule has 0 bridgehead atoms. The van der Waals surface area contributed by atoms with E-state index in [1.807, 2.05) is 0 Å². The molecule has 20 heavy (non-hydrogen) atoms. The second-order valence-electron chi connectivity index (χ2n) is 3.40. The van der Waals surface area contributed by atoms with E-state index in [0.29, 0.717) is 12.1 Å². The summed E-state index contributed by atoms with van der Waals surface area (Å²) in [6.45, 7) is 0. The smallest absolute Gasteiger partial charge is 0.340 e. The molecule has 0 aliphatic heterocycles. The molecule has 0 amide bonds. The van der Waals surface area contributed by atoms with Crippen molar-refractivity contribution in [3.8, 4) is 6.07 Å². The maximum atomic E-state index is 13.1. The molecule has 7 nitrogen and oxygen atoms in total. The van der Waals surface area contributed by atoms with Crippen LogP contribution in [0.15, 0.2) is 17.2 Å². The molecule has 0 atom stereocenters. The van der Waals surface area contributed by atoms with Gasteiger partial charge in [-0.15, -0.1) is 0 Å². The maximum Gasteiger partial charge on any atom is 0.340 e. The SMILES string of the molecule is COC(=O)c1cc(F)c(F)cc1N/N=C(\C#N)C(=N)N. The number of carbonyl (C=O) groups excluding carboxylic acids is 1. The van der Waals surface area contributed by atoms with Crippen LogP contribution in [0.2, 0.25) is 0 Å². The van der Waals surface area contributed by atoms with Gasteiger partial charge in [-0.3, -0.25) is 10.8 Å². The molecule has 9 heteroatoms. The van der Waals surface area contributed by atoms with Gasteiger partial charge in [0, 0.05) is 6.07 Å². The molecular weight excluding hydrogens is 272 g/mol. The first-order chi connectivity index (χ1) is 9.40. The monoisotopic (exact) mass is 281 g/mol. The van der Waals surface area contributed by atoms with Gasteiger partial charge in [0.05, 0.1) is 18.4 Å². The first-order valence-electron chi connectivity index (χ1n) is 5.06. The molecule has 0 saturated heterocycles. The predicted molar refractivity (Wildman–Crippen MR) is 66.3 cm³/mol. The topological polar surface area (TPSA) is 124 Å². The highest BCUT2D eigenvalue weighted by molar-refractivity contribution is 6.45. The van der Waals surface area contributed by atoms with Gasteiger partial charge in [-0.25, -0.2) is 13.6 Å². The number of nitriles is 1. The summed E-state index contributed by atoms with van der Waals surface area (Å²) >= 11 is 0. The zero-order chi connectivity index (χ0) is 15.3. The molecule has 0 radical (unpaired) electrons. The number of amidine groups is 1. The molecule has 4 N–H and O–H groups in total. The number of rotatable bonds is 4. The molecule has 104 valence electrons. The van der Waals surface area contributed by atoms with Crippen molar-refractivity contribution in [3.05, 3.63) is 29.3 Å². The summed E-state index contributed by atoms with van der Waals surface area (Å²) in [4.78, 5) is 11.4. The summed E-state index contributed by atoms with van der Waals surface area (Å²) < 4.78 is 30.6. The summed E-state index contributed by atoms with van der Waals surface area (Å²) in [5.41, 5.74) is 6.18. The average Bonchev–Trinajstić information content (AvgIpc) is 2.41. The van der Waals surface area contributed by atoms with Crippen molar-refractivity contribution in [3.63, 3.8) is 0 Å².